The van der Waals surface area contributed by atoms with Crippen LogP contribution >= 0.6 is 0 Å². The highest BCUT2D eigenvalue weighted by Gasteiger charge is 2.39. The molecule has 19 rings (SSSR count). The van der Waals surface area contributed by atoms with Crippen LogP contribution in [0.2, 0.25) is 0 Å². The molecule has 0 N–H and O–H groups in total. The molecular weight excluding hydrogens is 1280 g/mol. The average Bonchev–Trinajstić information content (AvgIpc) is 1.57. The molecule has 4 nitrogen and oxygen atoms in total. The highest BCUT2D eigenvalue weighted by molar-refractivity contribution is 6.04. The van der Waals surface area contributed by atoms with Gasteiger partial charge in [-0.15, -0.1) is 0 Å². The van der Waals surface area contributed by atoms with E-state index in [2.05, 4.69) is 436 Å². The van der Waals surface area contributed by atoms with Gasteiger partial charge in [0.15, 0.2) is 0 Å². The van der Waals surface area contributed by atoms with Gasteiger partial charge in [-0.25, -0.2) is 0 Å². The monoisotopic (exact) mass is 1360 g/mol. The van der Waals surface area contributed by atoms with Crippen molar-refractivity contribution in [1.29, 1.82) is 0 Å². The molecule has 0 aliphatic heterocycles. The van der Waals surface area contributed by atoms with Crippen LogP contribution in [0.15, 0.2) is 388 Å². The number of nitrogens with zero attached hydrogens (tertiary/aromatic N) is 4. The minimum Gasteiger partial charge on any atom is -0.310 e. The van der Waals surface area contributed by atoms with Gasteiger partial charge < -0.3 is 19.6 Å². The molecule has 0 saturated carbocycles. The van der Waals surface area contributed by atoms with E-state index < -0.39 is 0 Å². The summed E-state index contributed by atoms with van der Waals surface area (Å²) in [5, 5.41) is 7.14. The Morgan fingerprint density at radius 1 is 0.170 bits per heavy atom. The number of rotatable bonds is 15. The zero-order valence-electron chi connectivity index (χ0n) is 59.7. The van der Waals surface area contributed by atoms with Crippen molar-refractivity contribution in [3.8, 4) is 55.6 Å². The molecule has 0 radical (unpaired) electrons. The van der Waals surface area contributed by atoms with Crippen LogP contribution in [0, 0.1) is 0 Å². The fraction of sp³-hybridized carbons (Fsp3) is 0.0588. The van der Waals surface area contributed by atoms with Crippen molar-refractivity contribution in [2.24, 2.45) is 0 Å². The van der Waals surface area contributed by atoms with Crippen LogP contribution < -0.4 is 19.6 Å². The van der Waals surface area contributed by atoms with Gasteiger partial charge in [0.1, 0.15) is 0 Å². The van der Waals surface area contributed by atoms with Gasteiger partial charge in [-0.3, -0.25) is 0 Å². The molecule has 2 aliphatic carbocycles. The van der Waals surface area contributed by atoms with Crippen molar-refractivity contribution in [3.05, 3.63) is 411 Å². The molecular formula is C102H76N4. The van der Waals surface area contributed by atoms with Crippen molar-refractivity contribution >= 4 is 101 Å². The summed E-state index contributed by atoms with van der Waals surface area (Å²) in [7, 11) is 0. The van der Waals surface area contributed by atoms with Gasteiger partial charge in [0.25, 0.3) is 0 Å². The summed E-state index contributed by atoms with van der Waals surface area (Å²) in [6, 6.07) is 143. The number of fused-ring (bicyclic) bond motifs is 9. The van der Waals surface area contributed by atoms with Crippen LogP contribution in [0.3, 0.4) is 0 Å². The molecule has 2 aliphatic rings. The molecule has 0 aromatic heterocycles. The first-order chi connectivity index (χ1) is 52.0. The fourth-order valence-electron chi connectivity index (χ4n) is 16.9. The molecule has 0 spiro atoms. The normalized spacial score (nSPS) is 12.9. The molecule has 0 heterocycles. The van der Waals surface area contributed by atoms with Crippen molar-refractivity contribution in [2.75, 3.05) is 19.6 Å². The number of hydrogen-bond acceptors (Lipinski definition) is 4. The highest BCUT2D eigenvalue weighted by atomic mass is 15.2. The molecule has 4 heteroatoms. The Labute approximate surface area is 620 Å². The van der Waals surface area contributed by atoms with E-state index in [9.17, 15) is 0 Å². The zero-order chi connectivity index (χ0) is 71.0. The number of benzene rings is 17. The number of anilines is 12. The SMILES string of the molecule is CC1(C)c2cc(N(c3ccccc3)c3ccc4ccccc4c3)ccc2-c2ccc(N(c3ccccc3)c3ccc4ccc(-c5cc(N(c6ccccc6)c6ccc7c(c6)C(C)(C)c6cc(N(c8ccc(-c9ccccc9)cc8)c8ccc(-c9ccccc9)cc8)ccc6-7)c6ccccc6c5)cc4c3)cc21. The summed E-state index contributed by atoms with van der Waals surface area (Å²) >= 11 is 0. The Hall–Kier alpha value is -13.3. The van der Waals surface area contributed by atoms with E-state index in [0.717, 1.165) is 84.8 Å². The third-order valence-corrected chi connectivity index (χ3v) is 22.3. The minimum atomic E-state index is -0.345. The molecule has 0 atom stereocenters. The average molecular weight is 1360 g/mol. The Morgan fingerprint density at radius 2 is 0.453 bits per heavy atom. The largest absolute Gasteiger partial charge is 0.310 e. The van der Waals surface area contributed by atoms with Crippen LogP contribution in [0.25, 0.3) is 88.0 Å². The predicted octanol–water partition coefficient (Wildman–Crippen LogP) is 28.6. The molecule has 0 saturated heterocycles. The van der Waals surface area contributed by atoms with Crippen LogP contribution in [0.4, 0.5) is 68.2 Å². The Kier molecular flexibility index (Phi) is 15.5. The lowest BCUT2D eigenvalue weighted by Crippen LogP contribution is -2.17. The first-order valence-corrected chi connectivity index (χ1v) is 36.9. The summed E-state index contributed by atoms with van der Waals surface area (Å²) < 4.78 is 0. The summed E-state index contributed by atoms with van der Waals surface area (Å²) in [4.78, 5) is 9.72. The second-order valence-electron chi connectivity index (χ2n) is 29.3. The lowest BCUT2D eigenvalue weighted by molar-refractivity contribution is 0.660. The van der Waals surface area contributed by atoms with Crippen molar-refractivity contribution in [2.45, 2.75) is 38.5 Å². The molecule has 0 amide bonds. The van der Waals surface area contributed by atoms with Crippen LogP contribution in [-0.4, -0.2) is 0 Å². The molecule has 0 unspecified atom stereocenters. The van der Waals surface area contributed by atoms with Gasteiger partial charge in [0.05, 0.1) is 5.69 Å². The van der Waals surface area contributed by atoms with E-state index in [0.29, 0.717) is 0 Å². The lowest BCUT2D eigenvalue weighted by Gasteiger charge is -2.30. The Morgan fingerprint density at radius 3 is 0.906 bits per heavy atom. The summed E-state index contributed by atoms with van der Waals surface area (Å²) in [6.45, 7) is 9.59. The van der Waals surface area contributed by atoms with Gasteiger partial charge >= 0.3 is 0 Å². The van der Waals surface area contributed by atoms with Gasteiger partial charge in [-0.05, 0) is 256 Å². The van der Waals surface area contributed by atoms with Gasteiger partial charge in [-0.1, -0.05) is 264 Å². The molecule has 0 fully saturated rings. The van der Waals surface area contributed by atoms with E-state index in [1.807, 2.05) is 0 Å². The standard InChI is InChI=1S/C102H76N4/c1-101(2)97-66-88(104(80-31-14-7-15-32-80)85-50-44-71-28-20-21-29-75(71)62-85)53-57-93(97)94-58-54-89(67-98(94)101)105(81-33-16-8-17-34-81)86-51-45-74-38-39-76(60-78(74)63-86)79-61-77-30-22-23-37-91(77)100(64-79)106(82-35-18-9-19-36-82)90-55-59-95-92-56-52-87(65-96(92)102(3,4)99(95)68-90)103(83-46-40-72(41-47-83)69-24-10-5-11-25-69)84-48-42-73(43-49-84)70-26-12-6-13-27-70/h5-68H,1-4H3. The van der Waals surface area contributed by atoms with Crippen molar-refractivity contribution < 1.29 is 0 Å². The summed E-state index contributed by atoms with van der Waals surface area (Å²) in [6.07, 6.45) is 0. The molecule has 0 bridgehead atoms. The zero-order valence-corrected chi connectivity index (χ0v) is 59.7. The molecule has 17 aromatic rings. The van der Waals surface area contributed by atoms with Gasteiger partial charge in [0, 0.05) is 78.8 Å². The lowest BCUT2D eigenvalue weighted by atomic mass is 9.82. The maximum atomic E-state index is 2.48. The number of hydrogen-bond donors (Lipinski definition) is 0. The first-order valence-electron chi connectivity index (χ1n) is 36.9. The van der Waals surface area contributed by atoms with E-state index in [-0.39, 0.29) is 10.8 Å². The Bertz CT molecular complexity index is 6110. The minimum absolute atomic E-state index is 0.301. The third-order valence-electron chi connectivity index (χ3n) is 22.3. The molecule has 17 aromatic carbocycles. The maximum absolute atomic E-state index is 2.48. The molecule has 106 heavy (non-hydrogen) atoms. The van der Waals surface area contributed by atoms with Crippen molar-refractivity contribution in [1.82, 2.24) is 0 Å². The second kappa shape index (κ2) is 25.9. The summed E-state index contributed by atoms with van der Waals surface area (Å²) in [5.74, 6) is 0. The molecule has 504 valence electrons. The second-order valence-corrected chi connectivity index (χ2v) is 29.3. The van der Waals surface area contributed by atoms with Gasteiger partial charge in [-0.2, -0.15) is 0 Å². The fourth-order valence-corrected chi connectivity index (χ4v) is 16.9. The number of para-hydroxylation sites is 3. The first kappa shape index (κ1) is 63.6. The van der Waals surface area contributed by atoms with Gasteiger partial charge in [0.2, 0.25) is 0 Å². The topological polar surface area (TPSA) is 13.0 Å². The predicted molar refractivity (Wildman–Crippen MR) is 449 cm³/mol. The van der Waals surface area contributed by atoms with Crippen molar-refractivity contribution in [3.63, 3.8) is 0 Å². The van der Waals surface area contributed by atoms with Crippen LogP contribution in [0.5, 0.6) is 0 Å². The van der Waals surface area contributed by atoms with E-state index in [4.69, 9.17) is 0 Å². The quantitative estimate of drug-likeness (QED) is 0.101. The highest BCUT2D eigenvalue weighted by Crippen LogP contribution is 2.56. The maximum Gasteiger partial charge on any atom is 0.0546 e. The Balaban J connectivity index is 0.668. The third kappa shape index (κ3) is 11.2. The van der Waals surface area contributed by atoms with E-state index in [1.54, 1.807) is 0 Å². The van der Waals surface area contributed by atoms with E-state index >= 15 is 0 Å². The smallest absolute Gasteiger partial charge is 0.0546 e. The van der Waals surface area contributed by atoms with E-state index in [1.165, 1.54) is 93.7 Å². The van der Waals surface area contributed by atoms with Crippen LogP contribution in [0.1, 0.15) is 49.9 Å². The summed E-state index contributed by atoms with van der Waals surface area (Å²) in [5.41, 5.74) is 30.0. The van der Waals surface area contributed by atoms with Crippen LogP contribution in [-0.2, 0) is 10.8 Å².